The lowest BCUT2D eigenvalue weighted by Gasteiger charge is -1.99. The molecule has 3 heterocycles. The van der Waals surface area contributed by atoms with Gasteiger partial charge in [-0.2, -0.15) is 0 Å². The van der Waals surface area contributed by atoms with Crippen molar-refractivity contribution in [3.8, 4) is 10.6 Å². The normalized spacial score (nSPS) is 11.0. The van der Waals surface area contributed by atoms with Gasteiger partial charge in [0.05, 0.1) is 16.3 Å². The second-order valence-corrected chi connectivity index (χ2v) is 7.53. The highest BCUT2D eigenvalue weighted by atomic mass is 32.2. The Morgan fingerprint density at radius 2 is 2.08 bits per heavy atom. The highest BCUT2D eigenvalue weighted by Gasteiger charge is 2.11. The molecule has 0 bridgehead atoms. The number of amides is 1. The number of para-hydroxylation sites is 2. The Morgan fingerprint density at radius 1 is 1.17 bits per heavy atom. The molecule has 0 spiro atoms. The molecule has 4 aromatic rings. The SMILES string of the molecule is O=C(CSc1nc2ccccc2o1)Nc1nc(-c2cccs2)cs1. The monoisotopic (exact) mass is 373 g/mol. The van der Waals surface area contributed by atoms with Crippen LogP contribution in [0.2, 0.25) is 0 Å². The first kappa shape index (κ1) is 15.4. The Balaban J connectivity index is 1.36. The maximum absolute atomic E-state index is 12.1. The van der Waals surface area contributed by atoms with Crippen molar-refractivity contribution in [1.82, 2.24) is 9.97 Å². The molecule has 0 aliphatic heterocycles. The van der Waals surface area contributed by atoms with Crippen LogP contribution in [0.1, 0.15) is 0 Å². The van der Waals surface area contributed by atoms with Crippen molar-refractivity contribution in [2.24, 2.45) is 0 Å². The fraction of sp³-hybridized carbons (Fsp3) is 0.0625. The summed E-state index contributed by atoms with van der Waals surface area (Å²) in [6.45, 7) is 0. The Kier molecular flexibility index (Phi) is 4.33. The van der Waals surface area contributed by atoms with E-state index < -0.39 is 0 Å². The molecule has 120 valence electrons. The van der Waals surface area contributed by atoms with E-state index in [0.29, 0.717) is 10.4 Å². The number of fused-ring (bicyclic) bond motifs is 1. The molecule has 5 nitrogen and oxygen atoms in total. The van der Waals surface area contributed by atoms with Crippen LogP contribution in [0.15, 0.2) is 56.8 Å². The van der Waals surface area contributed by atoms with E-state index >= 15 is 0 Å². The number of benzene rings is 1. The number of nitrogens with zero attached hydrogens (tertiary/aromatic N) is 2. The minimum atomic E-state index is -0.130. The fourth-order valence-corrected chi connectivity index (χ4v) is 4.19. The molecule has 1 N–H and O–H groups in total. The first-order valence-electron chi connectivity index (χ1n) is 7.05. The molecule has 0 fully saturated rings. The first-order chi connectivity index (χ1) is 11.8. The summed E-state index contributed by atoms with van der Waals surface area (Å²) in [7, 11) is 0. The zero-order valence-electron chi connectivity index (χ0n) is 12.3. The first-order valence-corrected chi connectivity index (χ1v) is 9.80. The summed E-state index contributed by atoms with van der Waals surface area (Å²) in [5.41, 5.74) is 2.40. The topological polar surface area (TPSA) is 68.0 Å². The van der Waals surface area contributed by atoms with Crippen LogP contribution in [-0.2, 0) is 4.79 Å². The van der Waals surface area contributed by atoms with Crippen LogP contribution in [0.3, 0.4) is 0 Å². The summed E-state index contributed by atoms with van der Waals surface area (Å²) in [5, 5.41) is 7.84. The van der Waals surface area contributed by atoms with Crippen molar-refractivity contribution in [3.63, 3.8) is 0 Å². The van der Waals surface area contributed by atoms with Crippen molar-refractivity contribution < 1.29 is 9.21 Å². The third-order valence-corrected chi connectivity index (χ3v) is 5.60. The van der Waals surface area contributed by atoms with Crippen LogP contribution in [-0.4, -0.2) is 21.6 Å². The summed E-state index contributed by atoms with van der Waals surface area (Å²) >= 11 is 4.31. The van der Waals surface area contributed by atoms with Crippen molar-refractivity contribution in [3.05, 3.63) is 47.2 Å². The van der Waals surface area contributed by atoms with Crippen LogP contribution in [0.5, 0.6) is 0 Å². The van der Waals surface area contributed by atoms with E-state index in [2.05, 4.69) is 15.3 Å². The van der Waals surface area contributed by atoms with Gasteiger partial charge in [-0.1, -0.05) is 30.0 Å². The molecule has 0 saturated heterocycles. The van der Waals surface area contributed by atoms with E-state index in [1.54, 1.807) is 11.3 Å². The summed E-state index contributed by atoms with van der Waals surface area (Å²) in [4.78, 5) is 21.9. The molecular weight excluding hydrogens is 362 g/mol. The third kappa shape index (κ3) is 3.35. The number of oxazole rings is 1. The number of carbonyl (C=O) groups is 1. The molecular formula is C16H11N3O2S3. The second-order valence-electron chi connectivity index (χ2n) is 4.80. The van der Waals surface area contributed by atoms with Crippen LogP contribution in [0.25, 0.3) is 21.7 Å². The third-order valence-electron chi connectivity index (χ3n) is 3.13. The summed E-state index contributed by atoms with van der Waals surface area (Å²) in [6.07, 6.45) is 0. The summed E-state index contributed by atoms with van der Waals surface area (Å²) < 4.78 is 5.58. The Hall–Kier alpha value is -2.16. The number of aromatic nitrogens is 2. The lowest BCUT2D eigenvalue weighted by atomic mass is 10.3. The highest BCUT2D eigenvalue weighted by molar-refractivity contribution is 7.99. The van der Waals surface area contributed by atoms with Gasteiger partial charge in [0.15, 0.2) is 10.7 Å². The van der Waals surface area contributed by atoms with Gasteiger partial charge < -0.3 is 9.73 Å². The second kappa shape index (κ2) is 6.76. The van der Waals surface area contributed by atoms with E-state index in [-0.39, 0.29) is 11.7 Å². The van der Waals surface area contributed by atoms with Crippen molar-refractivity contribution in [1.29, 1.82) is 0 Å². The molecule has 0 saturated carbocycles. The predicted molar refractivity (Wildman–Crippen MR) is 98.8 cm³/mol. The number of carbonyl (C=O) groups excluding carboxylic acids is 1. The largest absolute Gasteiger partial charge is 0.431 e. The average Bonchev–Trinajstić information content (AvgIpc) is 3.32. The predicted octanol–water partition coefficient (Wildman–Crippen LogP) is 4.74. The lowest BCUT2D eigenvalue weighted by Crippen LogP contribution is -2.13. The van der Waals surface area contributed by atoms with E-state index in [1.807, 2.05) is 47.2 Å². The fourth-order valence-electron chi connectivity index (χ4n) is 2.06. The molecule has 8 heteroatoms. The van der Waals surface area contributed by atoms with Gasteiger partial charge in [0, 0.05) is 5.38 Å². The van der Waals surface area contributed by atoms with Gasteiger partial charge in [0.2, 0.25) is 5.91 Å². The minimum absolute atomic E-state index is 0.130. The van der Waals surface area contributed by atoms with Gasteiger partial charge in [-0.25, -0.2) is 9.97 Å². The quantitative estimate of drug-likeness (QED) is 0.512. The van der Waals surface area contributed by atoms with Gasteiger partial charge in [-0.15, -0.1) is 22.7 Å². The zero-order valence-corrected chi connectivity index (χ0v) is 14.7. The number of hydrogen-bond donors (Lipinski definition) is 1. The van der Waals surface area contributed by atoms with E-state index in [9.17, 15) is 4.79 Å². The van der Waals surface area contributed by atoms with E-state index in [0.717, 1.165) is 21.7 Å². The Labute approximate surface area is 149 Å². The molecule has 1 amide bonds. The van der Waals surface area contributed by atoms with E-state index in [4.69, 9.17) is 4.42 Å². The maximum atomic E-state index is 12.1. The average molecular weight is 373 g/mol. The van der Waals surface area contributed by atoms with E-state index in [1.165, 1.54) is 23.1 Å². The maximum Gasteiger partial charge on any atom is 0.257 e. The standard InChI is InChI=1S/C16H11N3O2S3/c20-14(9-24-16-18-10-4-1-2-5-12(10)21-16)19-15-17-11(8-23-15)13-6-3-7-22-13/h1-8H,9H2,(H,17,19,20). The Morgan fingerprint density at radius 3 is 2.92 bits per heavy atom. The number of thiazole rings is 1. The molecule has 24 heavy (non-hydrogen) atoms. The van der Waals surface area contributed by atoms with Gasteiger partial charge in [-0.05, 0) is 23.6 Å². The zero-order chi connectivity index (χ0) is 16.4. The van der Waals surface area contributed by atoms with Crippen molar-refractivity contribution >= 4 is 56.6 Å². The minimum Gasteiger partial charge on any atom is -0.431 e. The highest BCUT2D eigenvalue weighted by Crippen LogP contribution is 2.28. The summed E-state index contributed by atoms with van der Waals surface area (Å²) in [6, 6.07) is 11.5. The number of hydrogen-bond acceptors (Lipinski definition) is 7. The Bertz CT molecular complexity index is 942. The molecule has 1 aromatic carbocycles. The lowest BCUT2D eigenvalue weighted by molar-refractivity contribution is -0.113. The van der Waals surface area contributed by atoms with Crippen LogP contribution >= 0.6 is 34.4 Å². The number of thiophene rings is 1. The molecule has 4 rings (SSSR count). The summed E-state index contributed by atoms with van der Waals surface area (Å²) in [5.74, 6) is 0.0927. The van der Waals surface area contributed by atoms with Gasteiger partial charge in [0.1, 0.15) is 5.52 Å². The molecule has 0 unspecified atom stereocenters. The van der Waals surface area contributed by atoms with Crippen molar-refractivity contribution in [2.75, 3.05) is 11.1 Å². The molecule has 0 atom stereocenters. The van der Waals surface area contributed by atoms with Gasteiger partial charge in [-0.3, -0.25) is 4.79 Å². The molecule has 0 aliphatic rings. The molecule has 0 radical (unpaired) electrons. The number of anilines is 1. The van der Waals surface area contributed by atoms with Crippen LogP contribution in [0, 0.1) is 0 Å². The van der Waals surface area contributed by atoms with Crippen molar-refractivity contribution in [2.45, 2.75) is 5.22 Å². The van der Waals surface area contributed by atoms with Crippen LogP contribution < -0.4 is 5.32 Å². The van der Waals surface area contributed by atoms with Crippen LogP contribution in [0.4, 0.5) is 5.13 Å². The smallest absolute Gasteiger partial charge is 0.257 e. The molecule has 3 aromatic heterocycles. The van der Waals surface area contributed by atoms with Gasteiger partial charge in [0.25, 0.3) is 5.22 Å². The number of nitrogens with one attached hydrogen (secondary N) is 1. The van der Waals surface area contributed by atoms with Gasteiger partial charge >= 0.3 is 0 Å². The number of thioether (sulfide) groups is 1. The number of rotatable bonds is 5. The molecule has 0 aliphatic carbocycles.